The topological polar surface area (TPSA) is 88.4 Å². The van der Waals surface area contributed by atoms with E-state index in [4.69, 9.17) is 27.6 Å². The number of rotatable bonds is 9. The van der Waals surface area contributed by atoms with Gasteiger partial charge in [0.15, 0.2) is 0 Å². The van der Waals surface area contributed by atoms with Crippen LogP contribution in [-0.4, -0.2) is 32.4 Å². The van der Waals surface area contributed by atoms with Gasteiger partial charge in [0.05, 0.1) is 11.1 Å². The van der Waals surface area contributed by atoms with E-state index in [0.29, 0.717) is 17.9 Å². The Hall–Kier alpha value is -1.19. The van der Waals surface area contributed by atoms with E-state index in [1.165, 1.54) is 30.0 Å². The lowest BCUT2D eigenvalue weighted by Gasteiger charge is -2.21. The van der Waals surface area contributed by atoms with Crippen molar-refractivity contribution in [3.8, 4) is 0 Å². The van der Waals surface area contributed by atoms with E-state index in [9.17, 15) is 13.2 Å². The van der Waals surface area contributed by atoms with Crippen LogP contribution in [-0.2, 0) is 14.8 Å². The van der Waals surface area contributed by atoms with Crippen LogP contribution in [0.4, 0.5) is 0 Å². The number of aryl methyl sites for hydroxylation is 1. The maximum atomic E-state index is 12.8. The lowest BCUT2D eigenvalue weighted by Crippen LogP contribution is -2.47. The molecule has 28 heavy (non-hydrogen) atoms. The molecule has 10 heteroatoms. The Morgan fingerprint density at radius 2 is 1.96 bits per heavy atom. The summed E-state index contributed by atoms with van der Waals surface area (Å²) in [5, 5.41) is 3.05. The first-order valence-electron chi connectivity index (χ1n) is 8.47. The number of benzene rings is 1. The largest absolute Gasteiger partial charge is 0.464 e. The molecule has 1 amide bonds. The van der Waals surface area contributed by atoms with Gasteiger partial charge in [-0.25, -0.2) is 8.42 Å². The second-order valence-corrected chi connectivity index (χ2v) is 9.72. The molecule has 1 aromatic heterocycles. The van der Waals surface area contributed by atoms with E-state index in [1.54, 1.807) is 19.1 Å². The minimum atomic E-state index is -4.04. The van der Waals surface area contributed by atoms with Crippen LogP contribution in [0.1, 0.15) is 30.9 Å². The average molecular weight is 465 g/mol. The Labute approximate surface area is 179 Å². The van der Waals surface area contributed by atoms with Crippen LogP contribution in [0.3, 0.4) is 0 Å². The third-order valence-corrected chi connectivity index (χ3v) is 6.79. The van der Waals surface area contributed by atoms with Crippen molar-refractivity contribution in [1.82, 2.24) is 10.0 Å². The van der Waals surface area contributed by atoms with Crippen molar-refractivity contribution in [2.45, 2.75) is 37.2 Å². The fourth-order valence-corrected chi connectivity index (χ4v) is 4.95. The minimum absolute atomic E-state index is 0.0281. The molecular weight excluding hydrogens is 443 g/mol. The van der Waals surface area contributed by atoms with E-state index in [1.807, 2.05) is 13.2 Å². The summed E-state index contributed by atoms with van der Waals surface area (Å²) in [5.41, 5.74) is 0. The fraction of sp³-hybridized carbons (Fsp3) is 0.389. The first kappa shape index (κ1) is 23.1. The van der Waals surface area contributed by atoms with Crippen LogP contribution in [0, 0.1) is 6.92 Å². The van der Waals surface area contributed by atoms with Crippen LogP contribution in [0.5, 0.6) is 0 Å². The van der Waals surface area contributed by atoms with Crippen molar-refractivity contribution >= 4 is 50.9 Å². The summed E-state index contributed by atoms with van der Waals surface area (Å²) in [6.07, 6.45) is 2.19. The molecule has 6 nitrogen and oxygen atoms in total. The Morgan fingerprint density at radius 1 is 1.25 bits per heavy atom. The molecule has 154 valence electrons. The molecule has 0 saturated carbocycles. The molecule has 2 N–H and O–H groups in total. The van der Waals surface area contributed by atoms with Crippen molar-refractivity contribution in [2.24, 2.45) is 0 Å². The van der Waals surface area contributed by atoms with Crippen LogP contribution in [0.2, 0.25) is 10.0 Å². The van der Waals surface area contributed by atoms with Crippen LogP contribution >= 0.6 is 35.0 Å². The molecule has 1 aromatic carbocycles. The van der Waals surface area contributed by atoms with Gasteiger partial charge < -0.3 is 9.73 Å². The summed E-state index contributed by atoms with van der Waals surface area (Å²) in [4.78, 5) is 12.6. The third-order valence-electron chi connectivity index (χ3n) is 3.95. The van der Waals surface area contributed by atoms with Gasteiger partial charge in [0.1, 0.15) is 22.5 Å². The first-order chi connectivity index (χ1) is 13.1. The molecule has 2 rings (SSSR count). The van der Waals surface area contributed by atoms with Gasteiger partial charge in [-0.2, -0.15) is 16.5 Å². The highest BCUT2D eigenvalue weighted by atomic mass is 35.5. The lowest BCUT2D eigenvalue weighted by atomic mass is 10.2. The summed E-state index contributed by atoms with van der Waals surface area (Å²) < 4.78 is 33.5. The van der Waals surface area contributed by atoms with Crippen LogP contribution in [0.25, 0.3) is 0 Å². The number of furan rings is 1. The molecule has 1 heterocycles. The van der Waals surface area contributed by atoms with E-state index in [2.05, 4.69) is 10.0 Å². The fourth-order valence-electron chi connectivity index (χ4n) is 2.48. The average Bonchev–Trinajstić information content (AvgIpc) is 3.07. The zero-order chi connectivity index (χ0) is 20.9. The molecule has 0 saturated heterocycles. The molecule has 2 aromatic rings. The Balaban J connectivity index is 2.20. The van der Waals surface area contributed by atoms with Crippen molar-refractivity contribution in [2.75, 3.05) is 12.0 Å². The number of carbonyl (C=O) groups is 1. The van der Waals surface area contributed by atoms with Gasteiger partial charge in [-0.15, -0.1) is 0 Å². The predicted octanol–water partition coefficient (Wildman–Crippen LogP) is 4.17. The number of hydrogen-bond acceptors (Lipinski definition) is 5. The summed E-state index contributed by atoms with van der Waals surface area (Å²) >= 11 is 13.4. The zero-order valence-corrected chi connectivity index (χ0v) is 18.8. The SMILES string of the molecule is CSCCC(NS(=O)(=O)c1cc(Cl)ccc1Cl)C(=O)NC(C)c1ccc(C)o1. The van der Waals surface area contributed by atoms with Crippen molar-refractivity contribution in [1.29, 1.82) is 0 Å². The number of nitrogens with one attached hydrogen (secondary N) is 2. The molecule has 0 fully saturated rings. The summed E-state index contributed by atoms with van der Waals surface area (Å²) in [6.45, 7) is 3.58. The normalized spacial score (nSPS) is 13.9. The molecule has 0 aliphatic rings. The van der Waals surface area contributed by atoms with Gasteiger partial charge in [0, 0.05) is 5.02 Å². The van der Waals surface area contributed by atoms with Gasteiger partial charge in [0.25, 0.3) is 0 Å². The molecular formula is C18H22Cl2N2O4S2. The molecule has 0 aliphatic heterocycles. The summed E-state index contributed by atoms with van der Waals surface area (Å²) in [7, 11) is -4.04. The van der Waals surface area contributed by atoms with Gasteiger partial charge in [-0.05, 0) is 62.6 Å². The second-order valence-electron chi connectivity index (χ2n) is 6.21. The van der Waals surface area contributed by atoms with Crippen LogP contribution < -0.4 is 10.0 Å². The van der Waals surface area contributed by atoms with E-state index >= 15 is 0 Å². The zero-order valence-electron chi connectivity index (χ0n) is 15.7. The smallest absolute Gasteiger partial charge is 0.242 e. The first-order valence-corrected chi connectivity index (χ1v) is 12.1. The van der Waals surface area contributed by atoms with Crippen molar-refractivity contribution in [3.63, 3.8) is 0 Å². The number of amides is 1. The summed E-state index contributed by atoms with van der Waals surface area (Å²) in [5.74, 6) is 1.47. The van der Waals surface area contributed by atoms with E-state index in [0.717, 1.165) is 5.76 Å². The maximum absolute atomic E-state index is 12.8. The molecule has 2 unspecified atom stereocenters. The molecule has 0 aliphatic carbocycles. The highest BCUT2D eigenvalue weighted by Gasteiger charge is 2.28. The quantitative estimate of drug-likeness (QED) is 0.580. The number of carbonyl (C=O) groups excluding carboxylic acids is 1. The van der Waals surface area contributed by atoms with E-state index in [-0.39, 0.29) is 14.9 Å². The number of halogens is 2. The number of sulfonamides is 1. The van der Waals surface area contributed by atoms with Gasteiger partial charge in [-0.3, -0.25) is 4.79 Å². The number of hydrogen-bond donors (Lipinski definition) is 2. The van der Waals surface area contributed by atoms with E-state index < -0.39 is 28.0 Å². The summed E-state index contributed by atoms with van der Waals surface area (Å²) in [6, 6.07) is 6.35. The van der Waals surface area contributed by atoms with Gasteiger partial charge in [0.2, 0.25) is 15.9 Å². The van der Waals surface area contributed by atoms with Crippen LogP contribution in [0.15, 0.2) is 39.6 Å². The highest BCUT2D eigenvalue weighted by Crippen LogP contribution is 2.25. The Morgan fingerprint density at radius 3 is 2.57 bits per heavy atom. The Bertz CT molecular complexity index is 931. The maximum Gasteiger partial charge on any atom is 0.242 e. The second kappa shape index (κ2) is 10.0. The number of thioether (sulfide) groups is 1. The molecule has 0 spiro atoms. The third kappa shape index (κ3) is 6.15. The van der Waals surface area contributed by atoms with Gasteiger partial charge >= 0.3 is 0 Å². The Kier molecular flexibility index (Phi) is 8.27. The van der Waals surface area contributed by atoms with Crippen molar-refractivity contribution in [3.05, 3.63) is 51.9 Å². The molecule has 0 radical (unpaired) electrons. The highest BCUT2D eigenvalue weighted by molar-refractivity contribution is 7.98. The standard InChI is InChI=1S/C18H22Cl2N2O4S2/c1-11-4-7-16(26-11)12(2)21-18(23)15(8-9-27-3)22-28(24,25)17-10-13(19)5-6-14(17)20/h4-7,10,12,15,22H,8-9H2,1-3H3,(H,21,23). The molecule has 2 atom stereocenters. The lowest BCUT2D eigenvalue weighted by molar-refractivity contribution is -0.123. The van der Waals surface area contributed by atoms with Crippen molar-refractivity contribution < 1.29 is 17.6 Å². The van der Waals surface area contributed by atoms with Gasteiger partial charge in [-0.1, -0.05) is 23.2 Å². The predicted molar refractivity (Wildman–Crippen MR) is 114 cm³/mol. The minimum Gasteiger partial charge on any atom is -0.464 e. The molecule has 0 bridgehead atoms. The monoisotopic (exact) mass is 464 g/mol.